The van der Waals surface area contributed by atoms with Crippen molar-refractivity contribution in [3.63, 3.8) is 0 Å². The number of benzene rings is 3. The van der Waals surface area contributed by atoms with Crippen LogP contribution in [0.1, 0.15) is 47.9 Å². The van der Waals surface area contributed by atoms with Crippen LogP contribution < -0.4 is 15.0 Å². The van der Waals surface area contributed by atoms with Crippen LogP contribution in [0, 0.1) is 0 Å². The minimum Gasteiger partial charge on any atom is -0.419 e. The predicted molar refractivity (Wildman–Crippen MR) is 146 cm³/mol. The molecule has 2 heterocycles. The zero-order chi connectivity index (χ0) is 25.8. The molecule has 0 saturated carbocycles. The van der Waals surface area contributed by atoms with E-state index in [4.69, 9.17) is 21.3 Å². The summed E-state index contributed by atoms with van der Waals surface area (Å²) in [6.45, 7) is 3.39. The minimum atomic E-state index is -0.375. The summed E-state index contributed by atoms with van der Waals surface area (Å²) in [5, 5.41) is 5.20. The molecule has 0 unspecified atom stereocenters. The van der Waals surface area contributed by atoms with E-state index in [9.17, 15) is 9.59 Å². The number of anilines is 2. The highest BCUT2D eigenvalue weighted by Crippen LogP contribution is 2.35. The Morgan fingerprint density at radius 2 is 1.70 bits per heavy atom. The molecular weight excluding hydrogens is 488 g/mol. The van der Waals surface area contributed by atoms with Gasteiger partial charge in [0.15, 0.2) is 11.0 Å². The highest BCUT2D eigenvalue weighted by molar-refractivity contribution is 6.31. The number of esters is 1. The predicted octanol–water partition coefficient (Wildman–Crippen LogP) is 6.04. The number of rotatable bonds is 7. The van der Waals surface area contributed by atoms with Crippen LogP contribution in [-0.4, -0.2) is 34.9 Å². The molecule has 1 aliphatic heterocycles. The van der Waals surface area contributed by atoms with E-state index in [1.54, 1.807) is 6.92 Å². The summed E-state index contributed by atoms with van der Waals surface area (Å²) < 4.78 is 5.48. The second-order valence-electron chi connectivity index (χ2n) is 8.99. The average molecular weight is 515 g/mol. The third-order valence-corrected chi connectivity index (χ3v) is 6.60. The van der Waals surface area contributed by atoms with Crippen LogP contribution in [-0.2, 0) is 11.2 Å². The Hall–Kier alpha value is -3.97. The lowest BCUT2D eigenvalue weighted by Gasteiger charge is -2.20. The van der Waals surface area contributed by atoms with Crippen LogP contribution in [0.4, 0.5) is 11.5 Å². The van der Waals surface area contributed by atoms with Gasteiger partial charge in [-0.25, -0.2) is 9.97 Å². The molecule has 0 radical (unpaired) electrons. The van der Waals surface area contributed by atoms with Gasteiger partial charge in [0, 0.05) is 37.2 Å². The maximum absolute atomic E-state index is 12.8. The van der Waals surface area contributed by atoms with Gasteiger partial charge in [-0.15, -0.1) is 0 Å². The maximum atomic E-state index is 12.8. The molecule has 0 atom stereocenters. The number of hydrogen-bond acceptors (Lipinski definition) is 6. The lowest BCUT2D eigenvalue weighted by Crippen LogP contribution is -2.22. The van der Waals surface area contributed by atoms with Crippen molar-refractivity contribution in [2.24, 2.45) is 0 Å². The molecular formula is C29H27ClN4O3. The van der Waals surface area contributed by atoms with Crippen molar-refractivity contribution in [2.45, 2.75) is 32.6 Å². The van der Waals surface area contributed by atoms with Crippen molar-refractivity contribution >= 4 is 45.8 Å². The number of halogens is 1. The summed E-state index contributed by atoms with van der Waals surface area (Å²) in [5.74, 6) is 0.789. The molecule has 7 nitrogen and oxygen atoms in total. The molecule has 37 heavy (non-hydrogen) atoms. The Morgan fingerprint density at radius 1 is 0.973 bits per heavy atom. The number of nitrogens with zero attached hydrogens (tertiary/aromatic N) is 3. The summed E-state index contributed by atoms with van der Waals surface area (Å²) >= 11 is 6.45. The van der Waals surface area contributed by atoms with E-state index in [1.807, 2.05) is 66.7 Å². The highest BCUT2D eigenvalue weighted by atomic mass is 35.5. The second kappa shape index (κ2) is 11.0. The minimum absolute atomic E-state index is 0.132. The largest absolute Gasteiger partial charge is 0.419 e. The van der Waals surface area contributed by atoms with Gasteiger partial charge >= 0.3 is 5.97 Å². The highest BCUT2D eigenvalue weighted by Gasteiger charge is 2.24. The van der Waals surface area contributed by atoms with E-state index in [1.165, 1.54) is 0 Å². The molecule has 1 aliphatic rings. The van der Waals surface area contributed by atoms with Gasteiger partial charge < -0.3 is 15.0 Å². The summed E-state index contributed by atoms with van der Waals surface area (Å²) in [7, 11) is 0. The van der Waals surface area contributed by atoms with Crippen molar-refractivity contribution in [1.82, 2.24) is 9.97 Å². The molecule has 0 aliphatic carbocycles. The number of aromatic nitrogens is 2. The first-order valence-corrected chi connectivity index (χ1v) is 12.8. The number of carbonyl (C=O) groups excluding carboxylic acids is 2. The van der Waals surface area contributed by atoms with Crippen LogP contribution in [0.3, 0.4) is 0 Å². The first-order valence-electron chi connectivity index (χ1n) is 12.4. The van der Waals surface area contributed by atoms with Crippen molar-refractivity contribution in [3.05, 3.63) is 88.8 Å². The van der Waals surface area contributed by atoms with Crippen LogP contribution in [0.25, 0.3) is 10.8 Å². The van der Waals surface area contributed by atoms with Crippen molar-refractivity contribution in [1.29, 1.82) is 0 Å². The quantitative estimate of drug-likeness (QED) is 0.239. The lowest BCUT2D eigenvalue weighted by atomic mass is 10.1. The Morgan fingerprint density at radius 3 is 2.43 bits per heavy atom. The second-order valence-corrected chi connectivity index (χ2v) is 9.35. The number of carbonyl (C=O) groups is 2. The monoisotopic (exact) mass is 514 g/mol. The molecule has 0 bridgehead atoms. The van der Waals surface area contributed by atoms with Crippen molar-refractivity contribution in [2.75, 3.05) is 23.3 Å². The number of fused-ring (bicyclic) bond motifs is 1. The van der Waals surface area contributed by atoms with E-state index in [0.717, 1.165) is 42.3 Å². The van der Waals surface area contributed by atoms with Crippen molar-refractivity contribution < 1.29 is 14.3 Å². The number of amides is 1. The Labute approximate surface area is 220 Å². The van der Waals surface area contributed by atoms with Gasteiger partial charge in [-0.1, -0.05) is 61.0 Å². The fourth-order valence-electron chi connectivity index (χ4n) is 4.37. The van der Waals surface area contributed by atoms with E-state index >= 15 is 0 Å². The van der Waals surface area contributed by atoms with Crippen molar-refractivity contribution in [3.8, 4) is 5.75 Å². The van der Waals surface area contributed by atoms with Gasteiger partial charge in [-0.2, -0.15) is 0 Å². The fourth-order valence-corrected chi connectivity index (χ4v) is 4.59. The molecule has 1 N–H and O–H groups in total. The zero-order valence-corrected chi connectivity index (χ0v) is 21.3. The number of ether oxygens (including phenoxy) is 1. The summed E-state index contributed by atoms with van der Waals surface area (Å²) in [6, 6.07) is 21.2. The number of nitrogens with one attached hydrogen (secondary N) is 1. The van der Waals surface area contributed by atoms with Gasteiger partial charge in [0.05, 0.1) is 0 Å². The van der Waals surface area contributed by atoms with E-state index in [-0.39, 0.29) is 29.2 Å². The van der Waals surface area contributed by atoms with Crippen LogP contribution in [0.2, 0.25) is 5.15 Å². The average Bonchev–Trinajstić information content (AvgIpc) is 3.45. The van der Waals surface area contributed by atoms with Crippen LogP contribution in [0.5, 0.6) is 5.75 Å². The normalized spacial score (nSPS) is 13.1. The van der Waals surface area contributed by atoms with E-state index in [2.05, 4.69) is 15.2 Å². The zero-order valence-electron chi connectivity index (χ0n) is 20.5. The molecule has 8 heteroatoms. The smallest absolute Gasteiger partial charge is 0.311 e. The first kappa shape index (κ1) is 24.7. The Kier molecular flexibility index (Phi) is 7.32. The number of hydrogen-bond donors (Lipinski definition) is 1. The lowest BCUT2D eigenvalue weighted by molar-refractivity contribution is -0.134. The summed E-state index contributed by atoms with van der Waals surface area (Å²) in [5.41, 5.74) is 2.26. The van der Waals surface area contributed by atoms with Crippen LogP contribution >= 0.6 is 11.6 Å². The topological polar surface area (TPSA) is 84.4 Å². The van der Waals surface area contributed by atoms with Crippen LogP contribution in [0.15, 0.2) is 66.7 Å². The molecule has 3 aromatic carbocycles. The Bertz CT molecular complexity index is 1450. The molecule has 1 amide bonds. The van der Waals surface area contributed by atoms with Gasteiger partial charge in [0.1, 0.15) is 5.82 Å². The molecule has 4 aromatic rings. The van der Waals surface area contributed by atoms with E-state index < -0.39 is 0 Å². The summed E-state index contributed by atoms with van der Waals surface area (Å²) in [4.78, 5) is 35.9. The summed E-state index contributed by atoms with van der Waals surface area (Å²) in [6.07, 6.45) is 2.78. The third kappa shape index (κ3) is 5.73. The standard InChI is InChI=1S/C29H27ClN4O3/c1-2-25(35)37-26-27(30)32-24(33-28(26)34-15-5-6-16-34)17-19-9-13-23(14-10-19)31-29(36)22-12-11-20-7-3-4-8-21(20)18-22/h3-4,7-14,18H,2,5-6,15-17H2,1H3,(H,31,36). The van der Waals surface area contributed by atoms with Gasteiger partial charge in [0.25, 0.3) is 5.91 Å². The molecule has 1 saturated heterocycles. The molecule has 1 fully saturated rings. The Balaban J connectivity index is 1.31. The molecule has 188 valence electrons. The van der Waals surface area contributed by atoms with Gasteiger partial charge in [-0.05, 0) is 53.4 Å². The van der Waals surface area contributed by atoms with Gasteiger partial charge in [0.2, 0.25) is 5.75 Å². The molecule has 5 rings (SSSR count). The van der Waals surface area contributed by atoms with E-state index in [0.29, 0.717) is 29.3 Å². The first-order chi connectivity index (χ1) is 18.0. The maximum Gasteiger partial charge on any atom is 0.311 e. The fraction of sp³-hybridized carbons (Fsp3) is 0.241. The molecule has 0 spiro atoms. The SMILES string of the molecule is CCC(=O)Oc1c(Cl)nc(Cc2ccc(NC(=O)c3ccc4ccccc4c3)cc2)nc1N1CCCC1. The van der Waals surface area contributed by atoms with Gasteiger partial charge in [-0.3, -0.25) is 9.59 Å². The third-order valence-electron chi connectivity index (χ3n) is 6.35. The molecule has 1 aromatic heterocycles.